The average molecular weight is 306 g/mol. The fourth-order valence-electron chi connectivity index (χ4n) is 1.98. The zero-order valence-electron chi connectivity index (χ0n) is 11.6. The number of hydrogen-bond acceptors (Lipinski definition) is 2. The number of aromatic nitrogens is 1. The topological polar surface area (TPSA) is 53.2 Å². The largest absolute Gasteiger partial charge is 0.506 e. The van der Waals surface area contributed by atoms with Gasteiger partial charge in [-0.2, -0.15) is 0 Å². The molecule has 0 spiro atoms. The molecule has 1 heterocycles. The molecule has 0 fully saturated rings. The third-order valence-corrected chi connectivity index (χ3v) is 3.32. The van der Waals surface area contributed by atoms with E-state index in [4.69, 9.17) is 11.6 Å². The van der Waals surface area contributed by atoms with Crippen molar-refractivity contribution in [3.8, 4) is 5.75 Å². The molecule has 0 saturated heterocycles. The summed E-state index contributed by atoms with van der Waals surface area (Å²) in [5.41, 5.74) is 0.352. The van der Waals surface area contributed by atoms with Gasteiger partial charge in [0, 0.05) is 30.0 Å². The predicted molar refractivity (Wildman–Crippen MR) is 82.2 cm³/mol. The molecular formula is C16H18ClN2O2+. The maximum absolute atomic E-state index is 11.8. The van der Waals surface area contributed by atoms with E-state index in [0.717, 1.165) is 19.4 Å². The highest BCUT2D eigenvalue weighted by molar-refractivity contribution is 6.31. The summed E-state index contributed by atoms with van der Waals surface area (Å²) in [4.78, 5) is 11.8. The van der Waals surface area contributed by atoms with Crippen molar-refractivity contribution < 1.29 is 14.5 Å². The molecule has 2 rings (SSSR count). The molecule has 4 nitrogen and oxygen atoms in total. The number of nitrogens with zero attached hydrogens (tertiary/aromatic N) is 1. The quantitative estimate of drug-likeness (QED) is 0.489. The third-order valence-electron chi connectivity index (χ3n) is 3.08. The highest BCUT2D eigenvalue weighted by Crippen LogP contribution is 2.26. The minimum Gasteiger partial charge on any atom is -0.506 e. The van der Waals surface area contributed by atoms with E-state index in [1.807, 2.05) is 30.6 Å². The normalized spacial score (nSPS) is 10.3. The number of halogens is 1. The van der Waals surface area contributed by atoms with Crippen LogP contribution < -0.4 is 9.88 Å². The van der Waals surface area contributed by atoms with E-state index in [2.05, 4.69) is 9.88 Å². The van der Waals surface area contributed by atoms with Gasteiger partial charge in [0.2, 0.25) is 5.91 Å². The number of hydrogen-bond donors (Lipinski definition) is 2. The molecule has 0 atom stereocenters. The van der Waals surface area contributed by atoms with Crippen molar-refractivity contribution in [1.29, 1.82) is 0 Å². The second kappa shape index (κ2) is 7.64. The lowest BCUT2D eigenvalue weighted by Gasteiger charge is -2.07. The monoisotopic (exact) mass is 305 g/mol. The highest BCUT2D eigenvalue weighted by atomic mass is 35.5. The molecule has 0 aliphatic carbocycles. The molecule has 0 saturated carbocycles. The van der Waals surface area contributed by atoms with E-state index in [9.17, 15) is 9.90 Å². The zero-order valence-corrected chi connectivity index (χ0v) is 12.4. The zero-order chi connectivity index (χ0) is 15.1. The van der Waals surface area contributed by atoms with Gasteiger partial charge in [-0.1, -0.05) is 17.7 Å². The Bertz CT molecular complexity index is 602. The number of carbonyl (C=O) groups is 1. The van der Waals surface area contributed by atoms with Crippen molar-refractivity contribution in [2.24, 2.45) is 0 Å². The van der Waals surface area contributed by atoms with E-state index in [0.29, 0.717) is 17.1 Å². The molecule has 0 unspecified atom stereocenters. The smallest absolute Gasteiger partial charge is 0.224 e. The Morgan fingerprint density at radius 3 is 2.71 bits per heavy atom. The second-order valence-electron chi connectivity index (χ2n) is 4.78. The van der Waals surface area contributed by atoms with Crippen LogP contribution in [0.3, 0.4) is 0 Å². The summed E-state index contributed by atoms with van der Waals surface area (Å²) >= 11 is 5.83. The molecule has 110 valence electrons. The van der Waals surface area contributed by atoms with Crippen LogP contribution in [0.5, 0.6) is 5.75 Å². The van der Waals surface area contributed by atoms with Gasteiger partial charge in [0.25, 0.3) is 0 Å². The average Bonchev–Trinajstić information content (AvgIpc) is 2.48. The maximum atomic E-state index is 11.8. The second-order valence-corrected chi connectivity index (χ2v) is 5.22. The molecule has 21 heavy (non-hydrogen) atoms. The summed E-state index contributed by atoms with van der Waals surface area (Å²) in [6.45, 7) is 0.885. The summed E-state index contributed by atoms with van der Waals surface area (Å²) in [5.74, 6) is -0.0989. The Morgan fingerprint density at radius 1 is 1.19 bits per heavy atom. The Balaban J connectivity index is 1.74. The van der Waals surface area contributed by atoms with Crippen molar-refractivity contribution in [2.45, 2.75) is 25.8 Å². The van der Waals surface area contributed by atoms with Crippen molar-refractivity contribution in [3.05, 3.63) is 53.8 Å². The van der Waals surface area contributed by atoms with Gasteiger partial charge in [0.15, 0.2) is 12.4 Å². The molecule has 0 aliphatic heterocycles. The molecular weight excluding hydrogens is 288 g/mol. The molecule has 5 heteroatoms. The number of rotatable bonds is 6. The number of unbranched alkanes of at least 4 members (excludes halogenated alkanes) is 1. The van der Waals surface area contributed by atoms with Crippen molar-refractivity contribution in [2.75, 3.05) is 5.32 Å². The molecule has 2 N–H and O–H groups in total. The van der Waals surface area contributed by atoms with E-state index < -0.39 is 0 Å². The SMILES string of the molecule is O=C(CCCC[n+]1ccccc1)Nc1cc(Cl)ccc1O. The number of aromatic hydroxyl groups is 1. The Morgan fingerprint density at radius 2 is 1.95 bits per heavy atom. The van der Waals surface area contributed by atoms with Gasteiger partial charge in [-0.15, -0.1) is 0 Å². The highest BCUT2D eigenvalue weighted by Gasteiger charge is 2.07. The third kappa shape index (κ3) is 5.08. The standard InChI is InChI=1S/C16H17ClN2O2/c17-13-7-8-15(20)14(12-13)18-16(21)6-2-5-11-19-9-3-1-4-10-19/h1,3-4,7-10,12H,2,5-6,11H2,(H-,18,20,21)/p+1. The molecule has 2 aromatic rings. The lowest BCUT2D eigenvalue weighted by Crippen LogP contribution is -2.32. The summed E-state index contributed by atoms with van der Waals surface area (Å²) in [6, 6.07) is 10.5. The first kappa shape index (κ1) is 15.3. The number of aryl methyl sites for hydroxylation is 1. The van der Waals surface area contributed by atoms with Crippen LogP contribution in [0.2, 0.25) is 5.02 Å². The fraction of sp³-hybridized carbons (Fsp3) is 0.250. The molecule has 1 aromatic carbocycles. The van der Waals surface area contributed by atoms with Gasteiger partial charge in [-0.3, -0.25) is 4.79 Å². The van der Waals surface area contributed by atoms with Gasteiger partial charge in [0.1, 0.15) is 12.3 Å². The first-order valence-corrected chi connectivity index (χ1v) is 7.25. The van der Waals surface area contributed by atoms with Gasteiger partial charge in [-0.25, -0.2) is 4.57 Å². The van der Waals surface area contributed by atoms with Gasteiger partial charge in [0.05, 0.1) is 5.69 Å². The fourth-order valence-corrected chi connectivity index (χ4v) is 2.16. The van der Waals surface area contributed by atoms with Gasteiger partial charge in [-0.05, 0) is 24.6 Å². The molecule has 0 aliphatic rings. The first-order chi connectivity index (χ1) is 10.1. The van der Waals surface area contributed by atoms with Crippen LogP contribution in [0.4, 0.5) is 5.69 Å². The van der Waals surface area contributed by atoms with E-state index in [-0.39, 0.29) is 11.7 Å². The summed E-state index contributed by atoms with van der Waals surface area (Å²) in [7, 11) is 0. The van der Waals surface area contributed by atoms with E-state index in [1.165, 1.54) is 12.1 Å². The van der Waals surface area contributed by atoms with E-state index in [1.54, 1.807) is 6.07 Å². The van der Waals surface area contributed by atoms with Crippen LogP contribution >= 0.6 is 11.6 Å². The lowest BCUT2D eigenvalue weighted by atomic mass is 10.2. The van der Waals surface area contributed by atoms with Crippen molar-refractivity contribution in [1.82, 2.24) is 0 Å². The van der Waals surface area contributed by atoms with Crippen LogP contribution in [-0.4, -0.2) is 11.0 Å². The first-order valence-electron chi connectivity index (χ1n) is 6.87. The Kier molecular flexibility index (Phi) is 5.58. The predicted octanol–water partition coefficient (Wildman–Crippen LogP) is 3.14. The number of benzene rings is 1. The number of nitrogens with one attached hydrogen (secondary N) is 1. The number of anilines is 1. The van der Waals surface area contributed by atoms with E-state index >= 15 is 0 Å². The lowest BCUT2D eigenvalue weighted by molar-refractivity contribution is -0.697. The van der Waals surface area contributed by atoms with Gasteiger partial charge < -0.3 is 10.4 Å². The Labute approximate surface area is 129 Å². The van der Waals surface area contributed by atoms with Crippen LogP contribution in [0, 0.1) is 0 Å². The summed E-state index contributed by atoms with van der Waals surface area (Å²) in [5, 5.41) is 12.8. The number of carbonyl (C=O) groups excluding carboxylic acids is 1. The number of phenolic OH excluding ortho intramolecular Hbond substituents is 1. The molecule has 1 amide bonds. The number of pyridine rings is 1. The van der Waals surface area contributed by atoms with Crippen LogP contribution in [0.1, 0.15) is 19.3 Å². The molecule has 1 aromatic heterocycles. The molecule has 0 bridgehead atoms. The van der Waals surface area contributed by atoms with Gasteiger partial charge >= 0.3 is 0 Å². The number of amides is 1. The summed E-state index contributed by atoms with van der Waals surface area (Å²) in [6.07, 6.45) is 6.13. The number of phenols is 1. The maximum Gasteiger partial charge on any atom is 0.224 e. The Hall–Kier alpha value is -2.07. The molecule has 0 radical (unpaired) electrons. The summed E-state index contributed by atoms with van der Waals surface area (Å²) < 4.78 is 2.08. The minimum atomic E-state index is -0.120. The van der Waals surface area contributed by atoms with Crippen LogP contribution in [-0.2, 0) is 11.3 Å². The minimum absolute atomic E-state index is 0.0209. The van der Waals surface area contributed by atoms with Crippen LogP contribution in [0.15, 0.2) is 48.8 Å². The van der Waals surface area contributed by atoms with Crippen LogP contribution in [0.25, 0.3) is 0 Å². The van der Waals surface area contributed by atoms with Crippen molar-refractivity contribution in [3.63, 3.8) is 0 Å². The van der Waals surface area contributed by atoms with Crippen molar-refractivity contribution >= 4 is 23.2 Å².